The standard InChI is InChI=1S/C16H15FN6O/c1-9-6-7-12(24-9)13-21-15(18)22-14-16(19,8-20-23(13)14)10-4-2-3-5-11(10)17/h2-8,13H,19H2,1H3,(H2,18,21). The van der Waals surface area contributed by atoms with Crippen molar-refractivity contribution in [1.29, 1.82) is 0 Å². The first-order chi connectivity index (χ1) is 11.5. The number of nitrogens with two attached hydrogens (primary N) is 2. The molecule has 0 saturated heterocycles. The lowest BCUT2D eigenvalue weighted by Crippen LogP contribution is -2.51. The lowest BCUT2D eigenvalue weighted by atomic mass is 9.90. The molecule has 0 aliphatic carbocycles. The minimum absolute atomic E-state index is 0.0389. The monoisotopic (exact) mass is 326 g/mol. The van der Waals surface area contributed by atoms with E-state index in [1.807, 2.05) is 13.0 Å². The maximum absolute atomic E-state index is 14.3. The second kappa shape index (κ2) is 5.00. The molecule has 4 rings (SSSR count). The zero-order valence-electron chi connectivity index (χ0n) is 12.8. The Morgan fingerprint density at radius 2 is 2.04 bits per heavy atom. The Morgan fingerprint density at radius 3 is 2.75 bits per heavy atom. The average Bonchev–Trinajstić information content (AvgIpc) is 3.12. The summed E-state index contributed by atoms with van der Waals surface area (Å²) in [5, 5.41) is 5.79. The molecule has 4 N–H and O–H groups in total. The van der Waals surface area contributed by atoms with Crippen LogP contribution in [-0.2, 0) is 5.54 Å². The number of aryl methyl sites for hydroxylation is 1. The number of fused-ring (bicyclic) bond motifs is 1. The van der Waals surface area contributed by atoms with Crippen molar-refractivity contribution in [2.24, 2.45) is 26.6 Å². The van der Waals surface area contributed by atoms with Crippen LogP contribution in [0.3, 0.4) is 0 Å². The number of rotatable bonds is 2. The largest absolute Gasteiger partial charge is 0.462 e. The van der Waals surface area contributed by atoms with Gasteiger partial charge in [0.25, 0.3) is 0 Å². The number of halogens is 1. The van der Waals surface area contributed by atoms with E-state index < -0.39 is 17.5 Å². The van der Waals surface area contributed by atoms with E-state index in [0.29, 0.717) is 11.6 Å². The number of hydrazone groups is 1. The number of aliphatic imine (C=N–C) groups is 2. The molecule has 0 radical (unpaired) electrons. The molecule has 24 heavy (non-hydrogen) atoms. The Labute approximate surface area is 137 Å². The number of amidine groups is 1. The summed E-state index contributed by atoms with van der Waals surface area (Å²) in [5.74, 6) is 1.19. The molecule has 2 aliphatic rings. The molecule has 3 heterocycles. The Balaban J connectivity index is 1.81. The number of hydrogen-bond donors (Lipinski definition) is 2. The van der Waals surface area contributed by atoms with Crippen LogP contribution in [-0.4, -0.2) is 23.0 Å². The normalized spacial score (nSPS) is 25.5. The van der Waals surface area contributed by atoms with E-state index in [1.165, 1.54) is 17.3 Å². The Bertz CT molecular complexity index is 901. The zero-order chi connectivity index (χ0) is 16.9. The quantitative estimate of drug-likeness (QED) is 0.874. The number of guanidine groups is 1. The van der Waals surface area contributed by atoms with Crippen molar-refractivity contribution in [3.63, 3.8) is 0 Å². The Kier molecular flexibility index (Phi) is 3.04. The maximum Gasteiger partial charge on any atom is 0.219 e. The summed E-state index contributed by atoms with van der Waals surface area (Å²) in [4.78, 5) is 8.48. The molecule has 8 heteroatoms. The van der Waals surface area contributed by atoms with Gasteiger partial charge in [0, 0.05) is 5.56 Å². The zero-order valence-corrected chi connectivity index (χ0v) is 12.8. The van der Waals surface area contributed by atoms with Gasteiger partial charge in [-0.15, -0.1) is 0 Å². The summed E-state index contributed by atoms with van der Waals surface area (Å²) in [6.07, 6.45) is 0.820. The van der Waals surface area contributed by atoms with Crippen LogP contribution in [0.2, 0.25) is 0 Å². The topological polar surface area (TPSA) is 106 Å². The van der Waals surface area contributed by atoms with E-state index in [-0.39, 0.29) is 11.5 Å². The number of hydrogen-bond acceptors (Lipinski definition) is 7. The van der Waals surface area contributed by atoms with E-state index in [9.17, 15) is 4.39 Å². The molecule has 0 fully saturated rings. The first-order valence-corrected chi connectivity index (χ1v) is 7.36. The van der Waals surface area contributed by atoms with E-state index in [0.717, 1.165) is 5.76 Å². The summed E-state index contributed by atoms with van der Waals surface area (Å²) in [6, 6.07) is 9.85. The molecular formula is C16H15FN6O. The smallest absolute Gasteiger partial charge is 0.219 e. The third-order valence-electron chi connectivity index (χ3n) is 4.01. The highest BCUT2D eigenvalue weighted by atomic mass is 19.1. The number of benzene rings is 1. The molecule has 7 nitrogen and oxygen atoms in total. The SMILES string of the molecule is Cc1ccc(C2N=C(N)N=C3N2N=CC3(N)c2ccccc2F)o1. The minimum Gasteiger partial charge on any atom is -0.462 e. The van der Waals surface area contributed by atoms with Crippen LogP contribution in [0.15, 0.2) is 55.9 Å². The second-order valence-electron chi connectivity index (χ2n) is 5.68. The fourth-order valence-electron chi connectivity index (χ4n) is 2.86. The summed E-state index contributed by atoms with van der Waals surface area (Å²) in [7, 11) is 0. The molecule has 122 valence electrons. The molecule has 1 aromatic carbocycles. The third-order valence-corrected chi connectivity index (χ3v) is 4.01. The van der Waals surface area contributed by atoms with Crippen molar-refractivity contribution in [3.05, 3.63) is 59.3 Å². The second-order valence-corrected chi connectivity index (χ2v) is 5.68. The van der Waals surface area contributed by atoms with Crippen LogP contribution < -0.4 is 11.5 Å². The van der Waals surface area contributed by atoms with Gasteiger partial charge in [-0.25, -0.2) is 14.4 Å². The molecular weight excluding hydrogens is 311 g/mol. The molecule has 0 bridgehead atoms. The lowest BCUT2D eigenvalue weighted by Gasteiger charge is -2.31. The van der Waals surface area contributed by atoms with Gasteiger partial charge in [-0.05, 0) is 25.1 Å². The van der Waals surface area contributed by atoms with Gasteiger partial charge in [0.2, 0.25) is 12.1 Å². The Hall–Kier alpha value is -3.00. The first-order valence-electron chi connectivity index (χ1n) is 7.36. The molecule has 2 aliphatic heterocycles. The van der Waals surface area contributed by atoms with E-state index >= 15 is 0 Å². The van der Waals surface area contributed by atoms with E-state index in [2.05, 4.69) is 15.1 Å². The molecule has 2 aromatic rings. The van der Waals surface area contributed by atoms with Gasteiger partial charge < -0.3 is 15.9 Å². The van der Waals surface area contributed by atoms with Crippen LogP contribution in [0.4, 0.5) is 4.39 Å². The van der Waals surface area contributed by atoms with Gasteiger partial charge in [0.05, 0.1) is 6.21 Å². The number of furan rings is 1. The first kappa shape index (κ1) is 14.6. The summed E-state index contributed by atoms with van der Waals surface area (Å²) < 4.78 is 19.9. The molecule has 2 unspecified atom stereocenters. The van der Waals surface area contributed by atoms with Crippen molar-refractivity contribution in [1.82, 2.24) is 5.01 Å². The molecule has 0 saturated carbocycles. The van der Waals surface area contributed by atoms with E-state index in [4.69, 9.17) is 15.9 Å². The van der Waals surface area contributed by atoms with Gasteiger partial charge in [-0.2, -0.15) is 10.1 Å². The van der Waals surface area contributed by atoms with Crippen molar-refractivity contribution in [2.45, 2.75) is 18.6 Å². The van der Waals surface area contributed by atoms with Crippen LogP contribution in [0.25, 0.3) is 0 Å². The lowest BCUT2D eigenvalue weighted by molar-refractivity contribution is 0.285. The third kappa shape index (κ3) is 2.04. The van der Waals surface area contributed by atoms with Gasteiger partial charge in [-0.1, -0.05) is 18.2 Å². The van der Waals surface area contributed by atoms with Crippen molar-refractivity contribution >= 4 is 18.0 Å². The van der Waals surface area contributed by atoms with Gasteiger partial charge in [0.15, 0.2) is 11.6 Å². The van der Waals surface area contributed by atoms with Crippen molar-refractivity contribution in [2.75, 3.05) is 0 Å². The van der Waals surface area contributed by atoms with Gasteiger partial charge in [-0.3, -0.25) is 0 Å². The molecule has 2 atom stereocenters. The summed E-state index contributed by atoms with van der Waals surface area (Å²) in [6.45, 7) is 1.83. The number of nitrogens with zero attached hydrogens (tertiary/aromatic N) is 4. The fourth-order valence-corrected chi connectivity index (χ4v) is 2.86. The highest BCUT2D eigenvalue weighted by molar-refractivity contribution is 6.14. The highest BCUT2D eigenvalue weighted by Crippen LogP contribution is 2.36. The molecule has 0 amide bonds. The predicted octanol–water partition coefficient (Wildman–Crippen LogP) is 1.61. The summed E-state index contributed by atoms with van der Waals surface area (Å²) >= 11 is 0. The van der Waals surface area contributed by atoms with Crippen molar-refractivity contribution < 1.29 is 8.81 Å². The van der Waals surface area contributed by atoms with Crippen LogP contribution >= 0.6 is 0 Å². The highest BCUT2D eigenvalue weighted by Gasteiger charge is 2.47. The molecule has 0 spiro atoms. The van der Waals surface area contributed by atoms with E-state index in [1.54, 1.807) is 24.3 Å². The predicted molar refractivity (Wildman–Crippen MR) is 87.8 cm³/mol. The van der Waals surface area contributed by atoms with Gasteiger partial charge >= 0.3 is 0 Å². The Morgan fingerprint density at radius 1 is 1.25 bits per heavy atom. The fraction of sp³-hybridized carbons (Fsp3) is 0.188. The molecule has 1 aromatic heterocycles. The maximum atomic E-state index is 14.3. The van der Waals surface area contributed by atoms with Crippen LogP contribution in [0, 0.1) is 12.7 Å². The summed E-state index contributed by atoms with van der Waals surface area (Å²) in [5.41, 5.74) is 11.2. The van der Waals surface area contributed by atoms with Crippen LogP contribution in [0.5, 0.6) is 0 Å². The minimum atomic E-state index is -1.33. The van der Waals surface area contributed by atoms with Gasteiger partial charge in [0.1, 0.15) is 17.1 Å². The average molecular weight is 326 g/mol. The van der Waals surface area contributed by atoms with Crippen molar-refractivity contribution in [3.8, 4) is 0 Å². The van der Waals surface area contributed by atoms with Crippen LogP contribution in [0.1, 0.15) is 23.2 Å².